The van der Waals surface area contributed by atoms with Crippen LogP contribution in [0.2, 0.25) is 0 Å². The normalized spacial score (nSPS) is 10.0. The van der Waals surface area contributed by atoms with Gasteiger partial charge in [0.05, 0.1) is 12.2 Å². The van der Waals surface area contributed by atoms with Gasteiger partial charge < -0.3 is 10.6 Å². The molecule has 2 N–H and O–H groups in total. The van der Waals surface area contributed by atoms with E-state index in [1.165, 1.54) is 0 Å². The Bertz CT molecular complexity index is 602. The van der Waals surface area contributed by atoms with Gasteiger partial charge in [0, 0.05) is 25.2 Å². The Morgan fingerprint density at radius 2 is 1.64 bits per heavy atom. The predicted octanol–water partition coefficient (Wildman–Crippen LogP) is 1.90. The number of amides is 2. The smallest absolute Gasteiger partial charge is 0.225 e. The summed E-state index contributed by atoms with van der Waals surface area (Å²) in [5.41, 5.74) is 0.809. The van der Waals surface area contributed by atoms with Crippen LogP contribution in [0.15, 0.2) is 48.8 Å². The largest absolute Gasteiger partial charge is 0.350 e. The number of carbonyl (C=O) groups is 2. The summed E-state index contributed by atoms with van der Waals surface area (Å²) in [6.07, 6.45) is 4.38. The lowest BCUT2D eigenvalue weighted by atomic mass is 10.2. The van der Waals surface area contributed by atoms with E-state index < -0.39 is 0 Å². The van der Waals surface area contributed by atoms with E-state index in [9.17, 15) is 9.59 Å². The number of hydrogen-bond acceptors (Lipinski definition) is 4. The molecule has 0 aliphatic heterocycles. The van der Waals surface area contributed by atoms with Crippen LogP contribution in [-0.4, -0.2) is 21.8 Å². The summed E-state index contributed by atoms with van der Waals surface area (Å²) in [5.74, 6) is 0.291. The molecule has 114 valence electrons. The highest BCUT2D eigenvalue weighted by atomic mass is 16.2. The third kappa shape index (κ3) is 5.70. The molecule has 6 heteroatoms. The standard InChI is InChI=1S/C16H18N4O2/c21-15(19-12-13-6-1-3-10-17-13)8-5-9-16(22)20-14-7-2-4-11-18-14/h1-4,6-7,10-11H,5,8-9,12H2,(H,19,21)(H,18,20,22). The molecule has 2 heterocycles. The van der Waals surface area contributed by atoms with Crippen LogP contribution in [0.3, 0.4) is 0 Å². The Kier molecular flexibility index (Phi) is 6.04. The quantitative estimate of drug-likeness (QED) is 0.817. The molecule has 0 spiro atoms. The summed E-state index contributed by atoms with van der Waals surface area (Å²) in [7, 11) is 0. The van der Waals surface area contributed by atoms with Crippen molar-refractivity contribution >= 4 is 17.6 Å². The van der Waals surface area contributed by atoms with Crippen LogP contribution in [0.5, 0.6) is 0 Å². The monoisotopic (exact) mass is 298 g/mol. The van der Waals surface area contributed by atoms with Crippen LogP contribution < -0.4 is 10.6 Å². The van der Waals surface area contributed by atoms with E-state index in [1.54, 1.807) is 30.6 Å². The molecule has 2 rings (SSSR count). The summed E-state index contributed by atoms with van der Waals surface area (Å²) in [5, 5.41) is 5.46. The second-order valence-corrected chi connectivity index (χ2v) is 4.71. The van der Waals surface area contributed by atoms with Crippen molar-refractivity contribution in [2.75, 3.05) is 5.32 Å². The van der Waals surface area contributed by atoms with E-state index in [2.05, 4.69) is 20.6 Å². The van der Waals surface area contributed by atoms with Gasteiger partial charge in [0.1, 0.15) is 5.82 Å². The molecule has 0 aliphatic carbocycles. The molecule has 0 aromatic carbocycles. The Labute approximate surface area is 129 Å². The van der Waals surface area contributed by atoms with Gasteiger partial charge in [-0.25, -0.2) is 4.98 Å². The third-order valence-corrected chi connectivity index (χ3v) is 2.93. The van der Waals surface area contributed by atoms with Crippen molar-refractivity contribution in [2.24, 2.45) is 0 Å². The first-order chi connectivity index (χ1) is 10.7. The Hall–Kier alpha value is -2.76. The minimum absolute atomic E-state index is 0.0868. The maximum Gasteiger partial charge on any atom is 0.225 e. The highest BCUT2D eigenvalue weighted by Crippen LogP contribution is 2.03. The zero-order valence-corrected chi connectivity index (χ0v) is 12.2. The van der Waals surface area contributed by atoms with E-state index in [-0.39, 0.29) is 18.2 Å². The molecule has 2 aromatic heterocycles. The van der Waals surface area contributed by atoms with Gasteiger partial charge in [-0.3, -0.25) is 14.6 Å². The zero-order chi connectivity index (χ0) is 15.6. The number of rotatable bonds is 7. The first kappa shape index (κ1) is 15.6. The first-order valence-corrected chi connectivity index (χ1v) is 7.11. The van der Waals surface area contributed by atoms with Crippen LogP contribution in [0.4, 0.5) is 5.82 Å². The van der Waals surface area contributed by atoms with Crippen LogP contribution in [0.25, 0.3) is 0 Å². The summed E-state index contributed by atoms with van der Waals surface area (Å²) in [6.45, 7) is 0.403. The van der Waals surface area contributed by atoms with E-state index in [1.807, 2.05) is 18.2 Å². The minimum Gasteiger partial charge on any atom is -0.350 e. The van der Waals surface area contributed by atoms with Crippen LogP contribution in [0, 0.1) is 0 Å². The van der Waals surface area contributed by atoms with Gasteiger partial charge in [0.25, 0.3) is 0 Å². The Balaban J connectivity index is 1.61. The van der Waals surface area contributed by atoms with Crippen molar-refractivity contribution in [1.82, 2.24) is 15.3 Å². The van der Waals surface area contributed by atoms with Gasteiger partial charge in [0.15, 0.2) is 0 Å². The molecule has 0 bridgehead atoms. The SMILES string of the molecule is O=C(CCCC(=O)Nc1ccccn1)NCc1ccccn1. The maximum absolute atomic E-state index is 11.7. The van der Waals surface area contributed by atoms with E-state index >= 15 is 0 Å². The topological polar surface area (TPSA) is 84.0 Å². The summed E-state index contributed by atoms with van der Waals surface area (Å²) < 4.78 is 0. The van der Waals surface area contributed by atoms with Crippen molar-refractivity contribution in [3.05, 3.63) is 54.5 Å². The number of carbonyl (C=O) groups excluding carboxylic acids is 2. The van der Waals surface area contributed by atoms with Crippen molar-refractivity contribution in [3.63, 3.8) is 0 Å². The molecule has 2 aromatic rings. The van der Waals surface area contributed by atoms with Gasteiger partial charge >= 0.3 is 0 Å². The second-order valence-electron chi connectivity index (χ2n) is 4.71. The fourth-order valence-corrected chi connectivity index (χ4v) is 1.83. The molecular weight excluding hydrogens is 280 g/mol. The zero-order valence-electron chi connectivity index (χ0n) is 12.2. The number of nitrogens with one attached hydrogen (secondary N) is 2. The number of aromatic nitrogens is 2. The highest BCUT2D eigenvalue weighted by molar-refractivity contribution is 5.90. The molecule has 0 saturated heterocycles. The van der Waals surface area contributed by atoms with Crippen molar-refractivity contribution in [2.45, 2.75) is 25.8 Å². The average molecular weight is 298 g/mol. The molecule has 0 atom stereocenters. The summed E-state index contributed by atoms with van der Waals surface area (Å²) in [4.78, 5) is 31.5. The molecule has 0 unspecified atom stereocenters. The van der Waals surface area contributed by atoms with Gasteiger partial charge in [-0.15, -0.1) is 0 Å². The third-order valence-electron chi connectivity index (χ3n) is 2.93. The van der Waals surface area contributed by atoms with E-state index in [4.69, 9.17) is 0 Å². The molecule has 6 nitrogen and oxygen atoms in total. The number of anilines is 1. The van der Waals surface area contributed by atoms with Crippen LogP contribution >= 0.6 is 0 Å². The highest BCUT2D eigenvalue weighted by Gasteiger charge is 2.06. The van der Waals surface area contributed by atoms with Crippen molar-refractivity contribution < 1.29 is 9.59 Å². The maximum atomic E-state index is 11.7. The van der Waals surface area contributed by atoms with E-state index in [0.29, 0.717) is 25.2 Å². The molecule has 0 aliphatic rings. The summed E-state index contributed by atoms with van der Waals surface area (Å²) >= 11 is 0. The fraction of sp³-hybridized carbons (Fsp3) is 0.250. The fourth-order valence-electron chi connectivity index (χ4n) is 1.83. The lowest BCUT2D eigenvalue weighted by molar-refractivity contribution is -0.121. The molecule has 0 radical (unpaired) electrons. The summed E-state index contributed by atoms with van der Waals surface area (Å²) in [6, 6.07) is 10.8. The van der Waals surface area contributed by atoms with Gasteiger partial charge in [0.2, 0.25) is 11.8 Å². The average Bonchev–Trinajstić information content (AvgIpc) is 2.55. The molecule has 22 heavy (non-hydrogen) atoms. The molecule has 2 amide bonds. The molecular formula is C16H18N4O2. The molecule has 0 saturated carbocycles. The lowest BCUT2D eigenvalue weighted by Gasteiger charge is -2.05. The second kappa shape index (κ2) is 8.51. The van der Waals surface area contributed by atoms with Gasteiger partial charge in [-0.05, 0) is 30.7 Å². The lowest BCUT2D eigenvalue weighted by Crippen LogP contribution is -2.23. The van der Waals surface area contributed by atoms with Gasteiger partial charge in [-0.2, -0.15) is 0 Å². The Morgan fingerprint density at radius 1 is 0.909 bits per heavy atom. The van der Waals surface area contributed by atoms with Crippen molar-refractivity contribution in [3.8, 4) is 0 Å². The molecule has 0 fully saturated rings. The van der Waals surface area contributed by atoms with Gasteiger partial charge in [-0.1, -0.05) is 12.1 Å². The number of nitrogens with zero attached hydrogens (tertiary/aromatic N) is 2. The number of pyridine rings is 2. The predicted molar refractivity (Wildman–Crippen MR) is 82.8 cm³/mol. The Morgan fingerprint density at radius 3 is 2.32 bits per heavy atom. The number of hydrogen-bond donors (Lipinski definition) is 2. The van der Waals surface area contributed by atoms with Crippen LogP contribution in [0.1, 0.15) is 25.0 Å². The van der Waals surface area contributed by atoms with Crippen molar-refractivity contribution in [1.29, 1.82) is 0 Å². The van der Waals surface area contributed by atoms with E-state index in [0.717, 1.165) is 5.69 Å². The minimum atomic E-state index is -0.142. The first-order valence-electron chi connectivity index (χ1n) is 7.11. The van der Waals surface area contributed by atoms with Crippen LogP contribution in [-0.2, 0) is 16.1 Å².